The summed E-state index contributed by atoms with van der Waals surface area (Å²) >= 11 is 7.35. The molecule has 3 rings (SSSR count). The molecule has 3 aromatic rings. The van der Waals surface area contributed by atoms with E-state index < -0.39 is 0 Å². The molecule has 2 amide bonds. The van der Waals surface area contributed by atoms with Crippen LogP contribution in [0.4, 0.5) is 11.4 Å². The Morgan fingerprint density at radius 2 is 1.78 bits per heavy atom. The molecular weight excluding hydrogens is 384 g/mol. The molecule has 0 bridgehead atoms. The van der Waals surface area contributed by atoms with Gasteiger partial charge in [-0.2, -0.15) is 0 Å². The van der Waals surface area contributed by atoms with Gasteiger partial charge in [0.05, 0.1) is 11.5 Å². The van der Waals surface area contributed by atoms with Crippen molar-refractivity contribution in [2.75, 3.05) is 10.6 Å². The minimum atomic E-state index is -0.310. The first-order valence-corrected chi connectivity index (χ1v) is 9.45. The zero-order valence-corrected chi connectivity index (χ0v) is 16.0. The zero-order valence-electron chi connectivity index (χ0n) is 14.4. The van der Waals surface area contributed by atoms with Gasteiger partial charge >= 0.3 is 0 Å². The van der Waals surface area contributed by atoms with Crippen LogP contribution in [0.5, 0.6) is 0 Å². The molecular formula is C20H17ClN2O3S. The molecule has 0 aliphatic carbocycles. The van der Waals surface area contributed by atoms with Gasteiger partial charge in [0.1, 0.15) is 0 Å². The van der Waals surface area contributed by atoms with E-state index >= 15 is 0 Å². The van der Waals surface area contributed by atoms with Gasteiger partial charge in [0.2, 0.25) is 5.91 Å². The number of anilines is 2. The van der Waals surface area contributed by atoms with Gasteiger partial charge in [-0.3, -0.25) is 9.59 Å². The fourth-order valence-electron chi connectivity index (χ4n) is 2.29. The number of carbonyl (C=O) groups excluding carboxylic acids is 2. The summed E-state index contributed by atoms with van der Waals surface area (Å²) < 4.78 is 5.06. The predicted octanol–water partition coefficient (Wildman–Crippen LogP) is 5.30. The molecule has 0 fully saturated rings. The SMILES string of the molecule is CC(Sc1ccc(NC(=O)c2ccco2)cc1)C(=O)Nc1cccc(Cl)c1. The Morgan fingerprint density at radius 1 is 1.00 bits per heavy atom. The van der Waals surface area contributed by atoms with Crippen molar-refractivity contribution in [3.8, 4) is 0 Å². The number of rotatable bonds is 6. The lowest BCUT2D eigenvalue weighted by molar-refractivity contribution is -0.115. The minimum Gasteiger partial charge on any atom is -0.459 e. The first-order chi connectivity index (χ1) is 13.0. The monoisotopic (exact) mass is 400 g/mol. The molecule has 138 valence electrons. The fraction of sp³-hybridized carbons (Fsp3) is 0.100. The van der Waals surface area contributed by atoms with Crippen LogP contribution in [0.1, 0.15) is 17.5 Å². The maximum Gasteiger partial charge on any atom is 0.291 e. The van der Waals surface area contributed by atoms with Gasteiger partial charge in [-0.15, -0.1) is 11.8 Å². The van der Waals surface area contributed by atoms with Crippen molar-refractivity contribution >= 4 is 46.6 Å². The Bertz CT molecular complexity index is 927. The number of halogens is 1. The lowest BCUT2D eigenvalue weighted by Gasteiger charge is -2.12. The largest absolute Gasteiger partial charge is 0.459 e. The second-order valence-corrected chi connectivity index (χ2v) is 7.57. The van der Waals surface area contributed by atoms with E-state index in [-0.39, 0.29) is 22.8 Å². The highest BCUT2D eigenvalue weighted by Gasteiger charge is 2.15. The third kappa shape index (κ3) is 5.39. The van der Waals surface area contributed by atoms with Crippen molar-refractivity contribution < 1.29 is 14.0 Å². The summed E-state index contributed by atoms with van der Waals surface area (Å²) in [5.74, 6) is -0.174. The van der Waals surface area contributed by atoms with Crippen molar-refractivity contribution in [3.63, 3.8) is 0 Å². The number of furan rings is 1. The van der Waals surface area contributed by atoms with E-state index in [2.05, 4.69) is 10.6 Å². The molecule has 0 saturated carbocycles. The van der Waals surface area contributed by atoms with E-state index in [1.807, 2.05) is 19.1 Å². The zero-order chi connectivity index (χ0) is 19.2. The molecule has 1 heterocycles. The van der Waals surface area contributed by atoms with Crippen molar-refractivity contribution in [3.05, 3.63) is 77.7 Å². The lowest BCUT2D eigenvalue weighted by Crippen LogP contribution is -2.22. The summed E-state index contributed by atoms with van der Waals surface area (Å²) in [6.45, 7) is 1.83. The molecule has 0 aliphatic heterocycles. The number of benzene rings is 2. The Hall–Kier alpha value is -2.70. The number of amides is 2. The summed E-state index contributed by atoms with van der Waals surface area (Å²) in [5, 5.41) is 5.87. The topological polar surface area (TPSA) is 71.3 Å². The normalized spacial score (nSPS) is 11.6. The standard InChI is InChI=1S/C20H17ClN2O3S/c1-13(19(24)23-16-5-2-4-14(21)12-16)27-17-9-7-15(8-10-17)22-20(25)18-6-3-11-26-18/h2-13H,1H3,(H,22,25)(H,23,24). The first kappa shape index (κ1) is 19.1. The molecule has 0 spiro atoms. The fourth-order valence-corrected chi connectivity index (χ4v) is 3.34. The van der Waals surface area contributed by atoms with E-state index in [0.29, 0.717) is 16.4 Å². The molecule has 1 aromatic heterocycles. The molecule has 0 saturated heterocycles. The third-order valence-corrected chi connectivity index (χ3v) is 4.98. The molecule has 0 aliphatic rings. The number of hydrogen-bond donors (Lipinski definition) is 2. The van der Waals surface area contributed by atoms with E-state index in [9.17, 15) is 9.59 Å². The smallest absolute Gasteiger partial charge is 0.291 e. The van der Waals surface area contributed by atoms with E-state index in [1.54, 1.807) is 48.5 Å². The van der Waals surface area contributed by atoms with Crippen LogP contribution in [0.25, 0.3) is 0 Å². The van der Waals surface area contributed by atoms with Gasteiger partial charge < -0.3 is 15.1 Å². The molecule has 5 nitrogen and oxygen atoms in total. The number of thioether (sulfide) groups is 1. The Labute approximate surface area is 166 Å². The Kier molecular flexibility index (Phi) is 6.21. The molecule has 7 heteroatoms. The van der Waals surface area contributed by atoms with Crippen molar-refractivity contribution in [1.82, 2.24) is 0 Å². The van der Waals surface area contributed by atoms with Crippen molar-refractivity contribution in [1.29, 1.82) is 0 Å². The summed E-state index contributed by atoms with van der Waals surface area (Å²) in [5.41, 5.74) is 1.31. The molecule has 0 radical (unpaired) electrons. The second-order valence-electron chi connectivity index (χ2n) is 5.72. The highest BCUT2D eigenvalue weighted by Crippen LogP contribution is 2.26. The highest BCUT2D eigenvalue weighted by atomic mass is 35.5. The molecule has 1 atom stereocenters. The van der Waals surface area contributed by atoms with Gasteiger partial charge in [0.25, 0.3) is 5.91 Å². The highest BCUT2D eigenvalue weighted by molar-refractivity contribution is 8.00. The summed E-state index contributed by atoms with van der Waals surface area (Å²) in [6, 6.07) is 17.6. The number of hydrogen-bond acceptors (Lipinski definition) is 4. The van der Waals surface area contributed by atoms with E-state index in [4.69, 9.17) is 16.0 Å². The van der Waals surface area contributed by atoms with Crippen LogP contribution in [-0.2, 0) is 4.79 Å². The third-order valence-electron chi connectivity index (χ3n) is 3.63. The van der Waals surface area contributed by atoms with Crippen LogP contribution in [0.2, 0.25) is 5.02 Å². The average Bonchev–Trinajstić information content (AvgIpc) is 3.18. The first-order valence-electron chi connectivity index (χ1n) is 8.19. The van der Waals surface area contributed by atoms with Gasteiger partial charge in [0.15, 0.2) is 5.76 Å². The molecule has 1 unspecified atom stereocenters. The summed E-state index contributed by atoms with van der Waals surface area (Å²) in [6.07, 6.45) is 1.45. The van der Waals surface area contributed by atoms with E-state index in [1.165, 1.54) is 18.0 Å². The van der Waals surface area contributed by atoms with Crippen LogP contribution >= 0.6 is 23.4 Å². The van der Waals surface area contributed by atoms with Crippen LogP contribution < -0.4 is 10.6 Å². The maximum absolute atomic E-state index is 12.3. The minimum absolute atomic E-state index is 0.113. The predicted molar refractivity (Wildman–Crippen MR) is 109 cm³/mol. The molecule has 2 aromatic carbocycles. The van der Waals surface area contributed by atoms with Gasteiger partial charge in [0, 0.05) is 21.3 Å². The molecule has 2 N–H and O–H groups in total. The lowest BCUT2D eigenvalue weighted by atomic mass is 10.3. The molecule has 27 heavy (non-hydrogen) atoms. The van der Waals surface area contributed by atoms with Gasteiger partial charge in [-0.25, -0.2) is 0 Å². The van der Waals surface area contributed by atoms with Crippen LogP contribution in [0, 0.1) is 0 Å². The van der Waals surface area contributed by atoms with Gasteiger partial charge in [-0.1, -0.05) is 17.7 Å². The summed E-state index contributed by atoms with van der Waals surface area (Å²) in [7, 11) is 0. The Morgan fingerprint density at radius 3 is 2.44 bits per heavy atom. The van der Waals surface area contributed by atoms with Crippen LogP contribution in [0.3, 0.4) is 0 Å². The van der Waals surface area contributed by atoms with Gasteiger partial charge in [-0.05, 0) is 61.5 Å². The number of carbonyl (C=O) groups is 2. The van der Waals surface area contributed by atoms with Crippen molar-refractivity contribution in [2.45, 2.75) is 17.1 Å². The average molecular weight is 401 g/mol. The maximum atomic E-state index is 12.3. The van der Waals surface area contributed by atoms with Crippen LogP contribution in [-0.4, -0.2) is 17.1 Å². The number of nitrogens with one attached hydrogen (secondary N) is 2. The van der Waals surface area contributed by atoms with Crippen LogP contribution in [0.15, 0.2) is 76.2 Å². The quantitative estimate of drug-likeness (QED) is 0.550. The van der Waals surface area contributed by atoms with Crippen molar-refractivity contribution in [2.24, 2.45) is 0 Å². The second kappa shape index (κ2) is 8.79. The summed E-state index contributed by atoms with van der Waals surface area (Å²) in [4.78, 5) is 25.2. The Balaban J connectivity index is 1.55. The van der Waals surface area contributed by atoms with E-state index in [0.717, 1.165) is 4.90 Å².